The first-order valence-corrected chi connectivity index (χ1v) is 4.42. The zero-order valence-corrected chi connectivity index (χ0v) is 8.23. The minimum atomic E-state index is -1.04. The Morgan fingerprint density at radius 3 is 1.00 bits per heavy atom. The van der Waals surface area contributed by atoms with Crippen molar-refractivity contribution in [2.75, 3.05) is 0 Å². The molecule has 0 aliphatic rings. The van der Waals surface area contributed by atoms with Crippen LogP contribution < -0.4 is 0 Å². The van der Waals surface area contributed by atoms with Gasteiger partial charge in [0, 0.05) is 0 Å². The molecule has 0 bridgehead atoms. The molecule has 0 aliphatic heterocycles. The van der Waals surface area contributed by atoms with Crippen LogP contribution in [-0.4, -0.2) is 33.6 Å². The van der Waals surface area contributed by atoms with Gasteiger partial charge in [0.2, 0.25) is 0 Å². The molecule has 0 aliphatic carbocycles. The lowest BCUT2D eigenvalue weighted by Gasteiger charge is -2.27. The third kappa shape index (κ3) is 3.09. The molecule has 1 unspecified atom stereocenters. The van der Waals surface area contributed by atoms with Crippen LogP contribution in [0.1, 0.15) is 27.7 Å². The van der Waals surface area contributed by atoms with Crippen LogP contribution in [0.2, 0.25) is 0 Å². The molecule has 0 aromatic rings. The molecule has 3 N–H and O–H groups in total. The second-order valence-electron chi connectivity index (χ2n) is 3.96. The van der Waals surface area contributed by atoms with E-state index in [2.05, 4.69) is 0 Å². The monoisotopic (exact) mass is 176 g/mol. The standard InChI is InChI=1S/C9H20O3/c1-5(2)7(10)9(12)8(11)6(3)4/h5-12H,1-4H3/t7-,8+,9?. The lowest BCUT2D eigenvalue weighted by atomic mass is 9.92. The van der Waals surface area contributed by atoms with Gasteiger partial charge in [-0.15, -0.1) is 0 Å². The number of rotatable bonds is 4. The van der Waals surface area contributed by atoms with Crippen molar-refractivity contribution < 1.29 is 15.3 Å². The Balaban J connectivity index is 4.08. The summed E-state index contributed by atoms with van der Waals surface area (Å²) in [6.45, 7) is 7.23. The van der Waals surface area contributed by atoms with Gasteiger partial charge in [-0.05, 0) is 11.8 Å². The third-order valence-electron chi connectivity index (χ3n) is 2.07. The second kappa shape index (κ2) is 4.80. The summed E-state index contributed by atoms with van der Waals surface area (Å²) in [5.41, 5.74) is 0. The van der Waals surface area contributed by atoms with Crippen LogP contribution in [0.3, 0.4) is 0 Å². The van der Waals surface area contributed by atoms with Gasteiger partial charge in [0.05, 0.1) is 12.2 Å². The molecule has 3 nitrogen and oxygen atoms in total. The van der Waals surface area contributed by atoms with Crippen LogP contribution in [-0.2, 0) is 0 Å². The number of aliphatic hydroxyl groups excluding tert-OH is 3. The summed E-state index contributed by atoms with van der Waals surface area (Å²) >= 11 is 0. The van der Waals surface area contributed by atoms with E-state index in [-0.39, 0.29) is 11.8 Å². The largest absolute Gasteiger partial charge is 0.390 e. The summed E-state index contributed by atoms with van der Waals surface area (Å²) in [5.74, 6) is -0.0678. The van der Waals surface area contributed by atoms with Crippen molar-refractivity contribution in [3.63, 3.8) is 0 Å². The normalized spacial score (nSPS) is 17.5. The molecule has 0 saturated carbocycles. The molecular formula is C9H20O3. The van der Waals surface area contributed by atoms with E-state index in [9.17, 15) is 15.3 Å². The molecule has 74 valence electrons. The van der Waals surface area contributed by atoms with Gasteiger partial charge >= 0.3 is 0 Å². The number of aliphatic hydroxyl groups is 3. The van der Waals surface area contributed by atoms with E-state index in [1.807, 2.05) is 0 Å². The first-order chi connectivity index (χ1) is 5.37. The molecule has 12 heavy (non-hydrogen) atoms. The van der Waals surface area contributed by atoms with Crippen molar-refractivity contribution in [3.05, 3.63) is 0 Å². The van der Waals surface area contributed by atoms with Gasteiger partial charge in [-0.3, -0.25) is 0 Å². The van der Waals surface area contributed by atoms with Crippen molar-refractivity contribution in [1.82, 2.24) is 0 Å². The summed E-state index contributed by atoms with van der Waals surface area (Å²) < 4.78 is 0. The highest BCUT2D eigenvalue weighted by atomic mass is 16.4. The molecular weight excluding hydrogens is 156 g/mol. The average molecular weight is 176 g/mol. The molecule has 3 heteroatoms. The van der Waals surface area contributed by atoms with Crippen molar-refractivity contribution >= 4 is 0 Å². The van der Waals surface area contributed by atoms with E-state index < -0.39 is 18.3 Å². The predicted molar refractivity (Wildman–Crippen MR) is 47.7 cm³/mol. The Hall–Kier alpha value is -0.120. The Bertz CT molecular complexity index is 109. The van der Waals surface area contributed by atoms with E-state index >= 15 is 0 Å². The van der Waals surface area contributed by atoms with Gasteiger partial charge in [0.1, 0.15) is 6.10 Å². The highest BCUT2D eigenvalue weighted by Gasteiger charge is 2.28. The molecule has 0 spiro atoms. The smallest absolute Gasteiger partial charge is 0.106 e. The van der Waals surface area contributed by atoms with E-state index in [0.717, 1.165) is 0 Å². The van der Waals surface area contributed by atoms with Crippen LogP contribution in [0.4, 0.5) is 0 Å². The van der Waals surface area contributed by atoms with Crippen LogP contribution in [0.25, 0.3) is 0 Å². The number of hydrogen-bond donors (Lipinski definition) is 3. The molecule has 0 radical (unpaired) electrons. The molecule has 0 aromatic heterocycles. The summed E-state index contributed by atoms with van der Waals surface area (Å²) in [6.07, 6.45) is -2.73. The minimum absolute atomic E-state index is 0.0339. The lowest BCUT2D eigenvalue weighted by Crippen LogP contribution is -2.42. The van der Waals surface area contributed by atoms with Crippen LogP contribution in [0.15, 0.2) is 0 Å². The van der Waals surface area contributed by atoms with E-state index in [0.29, 0.717) is 0 Å². The molecule has 0 rings (SSSR count). The third-order valence-corrected chi connectivity index (χ3v) is 2.07. The molecule has 0 saturated heterocycles. The maximum absolute atomic E-state index is 9.43. The summed E-state index contributed by atoms with van der Waals surface area (Å²) in [6, 6.07) is 0. The molecule has 0 heterocycles. The number of hydrogen-bond acceptors (Lipinski definition) is 3. The van der Waals surface area contributed by atoms with Crippen molar-refractivity contribution in [2.45, 2.75) is 46.0 Å². The van der Waals surface area contributed by atoms with E-state index in [1.54, 1.807) is 27.7 Å². The highest BCUT2D eigenvalue weighted by Crippen LogP contribution is 2.14. The van der Waals surface area contributed by atoms with Gasteiger partial charge in [-0.2, -0.15) is 0 Å². The SMILES string of the molecule is CC(C)[C@@H](O)C(O)[C@@H](O)C(C)C. The van der Waals surface area contributed by atoms with Crippen LogP contribution in [0, 0.1) is 11.8 Å². The van der Waals surface area contributed by atoms with Gasteiger partial charge in [0.15, 0.2) is 0 Å². The predicted octanol–water partition coefficient (Wildman–Crippen LogP) is 0.381. The topological polar surface area (TPSA) is 60.7 Å². The Kier molecular flexibility index (Phi) is 4.75. The first kappa shape index (κ1) is 11.9. The van der Waals surface area contributed by atoms with Gasteiger partial charge in [-0.1, -0.05) is 27.7 Å². The van der Waals surface area contributed by atoms with Crippen molar-refractivity contribution in [1.29, 1.82) is 0 Å². The Morgan fingerprint density at radius 1 is 0.583 bits per heavy atom. The highest BCUT2D eigenvalue weighted by molar-refractivity contribution is 4.78. The van der Waals surface area contributed by atoms with Gasteiger partial charge in [-0.25, -0.2) is 0 Å². The fourth-order valence-corrected chi connectivity index (χ4v) is 0.991. The van der Waals surface area contributed by atoms with Crippen molar-refractivity contribution in [2.24, 2.45) is 11.8 Å². The fourth-order valence-electron chi connectivity index (χ4n) is 0.991. The Morgan fingerprint density at radius 2 is 0.833 bits per heavy atom. The molecule has 0 aromatic carbocycles. The second-order valence-corrected chi connectivity index (χ2v) is 3.96. The maximum Gasteiger partial charge on any atom is 0.106 e. The fraction of sp³-hybridized carbons (Fsp3) is 1.00. The lowest BCUT2D eigenvalue weighted by molar-refractivity contribution is -0.0897. The van der Waals surface area contributed by atoms with E-state index in [1.165, 1.54) is 0 Å². The van der Waals surface area contributed by atoms with Crippen molar-refractivity contribution in [3.8, 4) is 0 Å². The van der Waals surface area contributed by atoms with Crippen LogP contribution in [0.5, 0.6) is 0 Å². The summed E-state index contributed by atoms with van der Waals surface area (Å²) in [5, 5.41) is 28.2. The molecule has 3 atom stereocenters. The summed E-state index contributed by atoms with van der Waals surface area (Å²) in [7, 11) is 0. The maximum atomic E-state index is 9.43. The quantitative estimate of drug-likeness (QED) is 0.580. The zero-order chi connectivity index (χ0) is 9.89. The van der Waals surface area contributed by atoms with E-state index in [4.69, 9.17) is 0 Å². The zero-order valence-electron chi connectivity index (χ0n) is 8.23. The van der Waals surface area contributed by atoms with Gasteiger partial charge < -0.3 is 15.3 Å². The molecule has 0 fully saturated rings. The first-order valence-electron chi connectivity index (χ1n) is 4.42. The molecule has 0 amide bonds. The van der Waals surface area contributed by atoms with Crippen LogP contribution >= 0.6 is 0 Å². The average Bonchev–Trinajstić information content (AvgIpc) is 2.00. The van der Waals surface area contributed by atoms with Gasteiger partial charge in [0.25, 0.3) is 0 Å². The Labute approximate surface area is 74.0 Å². The summed E-state index contributed by atoms with van der Waals surface area (Å²) in [4.78, 5) is 0. The minimum Gasteiger partial charge on any atom is -0.390 e.